The molecule has 1 aromatic rings. The number of amides is 2. The molecule has 3 aliphatic heterocycles. The average Bonchev–Trinajstić information content (AvgIpc) is 3.63. The van der Waals surface area contributed by atoms with Gasteiger partial charge in [0.05, 0.1) is 24.3 Å². The number of aromatic amines is 1. The van der Waals surface area contributed by atoms with E-state index in [4.69, 9.17) is 0 Å². The molecule has 4 heterocycles. The van der Waals surface area contributed by atoms with Gasteiger partial charge in [0.15, 0.2) is 0 Å². The van der Waals surface area contributed by atoms with Crippen LogP contribution in [0.25, 0.3) is 12.2 Å². The molecule has 3 aliphatic carbocycles. The number of hydrogen-bond acceptors (Lipinski definition) is 6. The minimum Gasteiger partial charge on any atom is -0.395 e. The van der Waals surface area contributed by atoms with E-state index in [2.05, 4.69) is 49.6 Å². The van der Waals surface area contributed by atoms with Crippen LogP contribution in [-0.2, 0) is 9.59 Å². The van der Waals surface area contributed by atoms with Gasteiger partial charge in [-0.05, 0) is 56.8 Å². The Morgan fingerprint density at radius 1 is 1.08 bits per heavy atom. The van der Waals surface area contributed by atoms with Crippen molar-refractivity contribution < 1.29 is 14.7 Å². The van der Waals surface area contributed by atoms with Gasteiger partial charge in [0.1, 0.15) is 5.54 Å². The van der Waals surface area contributed by atoms with Gasteiger partial charge in [-0.3, -0.25) is 20.0 Å². The third-order valence-corrected chi connectivity index (χ3v) is 10.3. The number of likely N-dealkylation sites (tertiary alicyclic amines) is 2. The van der Waals surface area contributed by atoms with Gasteiger partial charge in [0.25, 0.3) is 0 Å². The Balaban J connectivity index is 1.05. The molecule has 4 unspecified atom stereocenters. The van der Waals surface area contributed by atoms with Gasteiger partial charge in [-0.15, -0.1) is 0 Å². The summed E-state index contributed by atoms with van der Waals surface area (Å²) in [7, 11) is 0. The Bertz CT molecular complexity index is 1240. The SMILES string of the molecule is O=C(C1CC1)N1CC(CN2C(=O)C3(CCN(CCO)CC3)NC2C2C=CC(C3C=c4cn[nH]c4=CC3)CC2)C1. The maximum Gasteiger partial charge on any atom is 0.244 e. The van der Waals surface area contributed by atoms with Crippen molar-refractivity contribution in [3.05, 3.63) is 28.9 Å². The van der Waals surface area contributed by atoms with Crippen molar-refractivity contribution >= 4 is 24.0 Å². The summed E-state index contributed by atoms with van der Waals surface area (Å²) in [5, 5.41) is 22.9. The zero-order valence-electron chi connectivity index (χ0n) is 22.8. The van der Waals surface area contributed by atoms with E-state index in [9.17, 15) is 14.7 Å². The fraction of sp³-hybridized carbons (Fsp3) is 0.700. The Labute approximate surface area is 230 Å². The lowest BCUT2D eigenvalue weighted by Crippen LogP contribution is -2.57. The lowest BCUT2D eigenvalue weighted by atomic mass is 9.77. The third-order valence-electron chi connectivity index (χ3n) is 10.3. The number of H-pyrrole nitrogens is 1. The minimum absolute atomic E-state index is 0.00893. The molecule has 1 spiro atoms. The molecule has 0 aromatic carbocycles. The molecule has 4 fully saturated rings. The molecule has 3 saturated heterocycles. The van der Waals surface area contributed by atoms with E-state index in [1.54, 1.807) is 0 Å². The maximum absolute atomic E-state index is 14.1. The molecule has 1 aromatic heterocycles. The van der Waals surface area contributed by atoms with Crippen molar-refractivity contribution in [2.45, 2.75) is 56.7 Å². The van der Waals surface area contributed by atoms with Crippen LogP contribution < -0.4 is 15.9 Å². The van der Waals surface area contributed by atoms with Gasteiger partial charge < -0.3 is 19.8 Å². The van der Waals surface area contributed by atoms with Crippen LogP contribution in [-0.4, -0.2) is 99.4 Å². The first kappa shape index (κ1) is 25.5. The second-order valence-corrected chi connectivity index (χ2v) is 12.9. The summed E-state index contributed by atoms with van der Waals surface area (Å²) in [4.78, 5) is 33.0. The number of aromatic nitrogens is 2. The highest BCUT2D eigenvalue weighted by atomic mass is 16.3. The third kappa shape index (κ3) is 4.76. The van der Waals surface area contributed by atoms with Crippen LogP contribution in [0.2, 0.25) is 0 Å². The number of allylic oxidation sites excluding steroid dienone is 1. The molecular formula is C30H42N6O3. The zero-order chi connectivity index (χ0) is 26.6. The summed E-state index contributed by atoms with van der Waals surface area (Å²) in [6.45, 7) is 4.81. The van der Waals surface area contributed by atoms with E-state index in [1.807, 2.05) is 11.1 Å². The number of nitrogens with zero attached hydrogens (tertiary/aromatic N) is 4. The first-order chi connectivity index (χ1) is 19.0. The molecule has 4 atom stereocenters. The maximum atomic E-state index is 14.1. The highest BCUT2D eigenvalue weighted by Crippen LogP contribution is 2.40. The van der Waals surface area contributed by atoms with Crippen LogP contribution >= 0.6 is 0 Å². The van der Waals surface area contributed by atoms with Crippen LogP contribution in [0.1, 0.15) is 44.9 Å². The van der Waals surface area contributed by atoms with Crippen molar-refractivity contribution in [3.8, 4) is 0 Å². The average molecular weight is 535 g/mol. The number of carbonyl (C=O) groups is 2. The largest absolute Gasteiger partial charge is 0.395 e. The molecule has 39 heavy (non-hydrogen) atoms. The molecular weight excluding hydrogens is 492 g/mol. The van der Waals surface area contributed by atoms with Gasteiger partial charge in [0, 0.05) is 62.2 Å². The Morgan fingerprint density at radius 3 is 2.56 bits per heavy atom. The summed E-state index contributed by atoms with van der Waals surface area (Å²) in [5.74, 6) is 2.50. The number of piperidine rings is 1. The van der Waals surface area contributed by atoms with E-state index in [0.717, 1.165) is 83.0 Å². The van der Waals surface area contributed by atoms with Gasteiger partial charge in [-0.2, -0.15) is 5.10 Å². The number of fused-ring (bicyclic) bond motifs is 1. The minimum atomic E-state index is -0.502. The lowest BCUT2D eigenvalue weighted by Gasteiger charge is -2.43. The van der Waals surface area contributed by atoms with Crippen LogP contribution in [0.3, 0.4) is 0 Å². The Hall–Kier alpha value is -2.49. The number of aliphatic hydroxyl groups excluding tert-OH is 1. The van der Waals surface area contributed by atoms with Crippen molar-refractivity contribution in [2.24, 2.45) is 29.6 Å². The number of carbonyl (C=O) groups excluding carboxylic acids is 2. The summed E-state index contributed by atoms with van der Waals surface area (Å²) in [6, 6.07) is 0. The first-order valence-electron chi connectivity index (χ1n) is 15.1. The van der Waals surface area contributed by atoms with E-state index in [0.29, 0.717) is 36.1 Å². The Kier molecular flexibility index (Phi) is 6.64. The number of aliphatic hydroxyl groups is 1. The van der Waals surface area contributed by atoms with Gasteiger partial charge in [-0.1, -0.05) is 24.3 Å². The van der Waals surface area contributed by atoms with Gasteiger partial charge in [0.2, 0.25) is 11.8 Å². The molecule has 3 N–H and O–H groups in total. The van der Waals surface area contributed by atoms with E-state index >= 15 is 0 Å². The standard InChI is InChI=1S/C30H42N6O3/c37-14-13-34-11-9-30(10-12-34)29(39)36(19-20-17-35(18-20)28(38)23-5-6-23)27(32-30)22-3-1-21(2-4-22)24-7-8-26-25(15-24)16-31-33-26/h1,3,8,15-16,20-24,27,32-33,37H,2,4-7,9-14,17-19H2. The molecule has 7 rings (SSSR count). The van der Waals surface area contributed by atoms with Gasteiger partial charge >= 0.3 is 0 Å². The summed E-state index contributed by atoms with van der Waals surface area (Å²) >= 11 is 0. The van der Waals surface area contributed by atoms with Crippen molar-refractivity contribution in [3.63, 3.8) is 0 Å². The highest BCUT2D eigenvalue weighted by Gasteiger charge is 2.54. The molecule has 0 bridgehead atoms. The number of nitrogens with one attached hydrogen (secondary N) is 2. The van der Waals surface area contributed by atoms with E-state index < -0.39 is 5.54 Å². The molecule has 1 saturated carbocycles. The Morgan fingerprint density at radius 2 is 1.85 bits per heavy atom. The highest BCUT2D eigenvalue weighted by molar-refractivity contribution is 5.89. The van der Waals surface area contributed by atoms with Crippen LogP contribution in [0.5, 0.6) is 0 Å². The summed E-state index contributed by atoms with van der Waals surface area (Å²) in [6.07, 6.45) is 18.2. The zero-order valence-corrected chi connectivity index (χ0v) is 22.8. The van der Waals surface area contributed by atoms with Crippen LogP contribution in [0.4, 0.5) is 0 Å². The van der Waals surface area contributed by atoms with Crippen LogP contribution in [0.15, 0.2) is 18.3 Å². The topological polar surface area (TPSA) is 105 Å². The van der Waals surface area contributed by atoms with Gasteiger partial charge in [-0.25, -0.2) is 0 Å². The molecule has 9 heteroatoms. The smallest absolute Gasteiger partial charge is 0.244 e. The number of rotatable bonds is 7. The summed E-state index contributed by atoms with van der Waals surface area (Å²) < 4.78 is 0. The van der Waals surface area contributed by atoms with E-state index in [1.165, 1.54) is 5.22 Å². The number of hydrogen-bond donors (Lipinski definition) is 3. The fourth-order valence-corrected chi connectivity index (χ4v) is 7.68. The normalized spacial score (nSPS) is 32.6. The molecule has 9 nitrogen and oxygen atoms in total. The first-order valence-corrected chi connectivity index (χ1v) is 15.1. The number of β-amino-alcohol motifs (C(OH)–C–C–N with tert-alkyl or cyclic N) is 1. The fourth-order valence-electron chi connectivity index (χ4n) is 7.68. The second-order valence-electron chi connectivity index (χ2n) is 12.9. The van der Waals surface area contributed by atoms with Crippen molar-refractivity contribution in [1.82, 2.24) is 30.2 Å². The van der Waals surface area contributed by atoms with Crippen molar-refractivity contribution in [2.75, 3.05) is 45.9 Å². The summed E-state index contributed by atoms with van der Waals surface area (Å²) in [5.41, 5.74) is -0.502. The molecule has 0 radical (unpaired) electrons. The molecule has 6 aliphatic rings. The van der Waals surface area contributed by atoms with Crippen molar-refractivity contribution in [1.29, 1.82) is 0 Å². The second kappa shape index (κ2) is 10.2. The van der Waals surface area contributed by atoms with Crippen LogP contribution in [0, 0.1) is 29.6 Å². The quantitative estimate of drug-likeness (QED) is 0.427. The predicted molar refractivity (Wildman–Crippen MR) is 147 cm³/mol. The molecule has 210 valence electrons. The van der Waals surface area contributed by atoms with E-state index in [-0.39, 0.29) is 24.6 Å². The monoisotopic (exact) mass is 534 g/mol. The lowest BCUT2D eigenvalue weighted by molar-refractivity contribution is -0.141. The predicted octanol–water partition coefficient (Wildman–Crippen LogP) is 0.0262. The molecule has 2 amide bonds.